The summed E-state index contributed by atoms with van der Waals surface area (Å²) in [5.74, 6) is 1.32. The van der Waals surface area contributed by atoms with Crippen LogP contribution < -0.4 is 9.47 Å². The van der Waals surface area contributed by atoms with Gasteiger partial charge in [0.1, 0.15) is 11.5 Å². The minimum atomic E-state index is -0.0738. The van der Waals surface area contributed by atoms with Gasteiger partial charge in [0.25, 0.3) is 0 Å². The molecule has 1 amide bonds. The summed E-state index contributed by atoms with van der Waals surface area (Å²) < 4.78 is 15.7. The van der Waals surface area contributed by atoms with Crippen LogP contribution in [-0.2, 0) is 16.1 Å². The number of carbonyl (C=O) groups excluding carboxylic acids is 1. The number of thiophene rings is 1. The number of carbonyl (C=O) groups is 1. The summed E-state index contributed by atoms with van der Waals surface area (Å²) in [6.07, 6.45) is 3.30. The fraction of sp³-hybridized carbons (Fsp3) is 0.316. The minimum Gasteiger partial charge on any atom is -0.497 e. The highest BCUT2D eigenvalue weighted by atomic mass is 32.1. The summed E-state index contributed by atoms with van der Waals surface area (Å²) in [5.41, 5.74) is 0.790. The molecule has 0 N–H and O–H groups in total. The van der Waals surface area contributed by atoms with Crippen molar-refractivity contribution in [3.63, 3.8) is 0 Å². The number of methoxy groups -OCH3 is 3. The van der Waals surface area contributed by atoms with Gasteiger partial charge < -0.3 is 19.1 Å². The van der Waals surface area contributed by atoms with Crippen LogP contribution in [0.1, 0.15) is 10.4 Å². The molecule has 2 rings (SSSR count). The van der Waals surface area contributed by atoms with Crippen LogP contribution in [-0.4, -0.2) is 45.3 Å². The summed E-state index contributed by atoms with van der Waals surface area (Å²) in [4.78, 5) is 15.5. The highest BCUT2D eigenvalue weighted by Gasteiger charge is 2.12. The minimum absolute atomic E-state index is 0.0738. The molecule has 5 nitrogen and oxygen atoms in total. The van der Waals surface area contributed by atoms with Crippen LogP contribution in [0.3, 0.4) is 0 Å². The van der Waals surface area contributed by atoms with Crippen molar-refractivity contribution in [3.05, 3.63) is 52.2 Å². The highest BCUT2D eigenvalue weighted by molar-refractivity contribution is 7.09. The molecule has 0 spiro atoms. The van der Waals surface area contributed by atoms with Crippen LogP contribution in [0.2, 0.25) is 0 Å². The Morgan fingerprint density at radius 2 is 2.04 bits per heavy atom. The molecule has 134 valence electrons. The quantitative estimate of drug-likeness (QED) is 0.642. The Morgan fingerprint density at radius 1 is 1.20 bits per heavy atom. The van der Waals surface area contributed by atoms with Crippen LogP contribution in [0.15, 0.2) is 41.8 Å². The first-order chi connectivity index (χ1) is 12.2. The third-order valence-corrected chi connectivity index (χ3v) is 4.51. The largest absolute Gasteiger partial charge is 0.497 e. The zero-order valence-corrected chi connectivity index (χ0v) is 15.5. The van der Waals surface area contributed by atoms with Gasteiger partial charge in [0.15, 0.2) is 0 Å². The molecule has 0 aliphatic rings. The fourth-order valence-corrected chi connectivity index (χ4v) is 3.01. The van der Waals surface area contributed by atoms with Crippen molar-refractivity contribution in [2.24, 2.45) is 0 Å². The Kier molecular flexibility index (Phi) is 7.50. The van der Waals surface area contributed by atoms with Crippen LogP contribution in [0.4, 0.5) is 0 Å². The molecule has 0 aliphatic heterocycles. The molecular weight excluding hydrogens is 338 g/mol. The van der Waals surface area contributed by atoms with E-state index in [1.807, 2.05) is 35.7 Å². The SMILES string of the molecule is COCCN(Cc1cccs1)C(=O)C=Cc1cc(OC)ccc1OC. The van der Waals surface area contributed by atoms with Crippen LogP contribution in [0, 0.1) is 0 Å². The first-order valence-corrected chi connectivity index (χ1v) is 8.76. The van der Waals surface area contributed by atoms with Gasteiger partial charge in [-0.25, -0.2) is 0 Å². The maximum atomic E-state index is 12.6. The molecule has 1 aromatic heterocycles. The number of amides is 1. The number of benzene rings is 1. The predicted octanol–water partition coefficient (Wildman–Crippen LogP) is 3.45. The zero-order valence-electron chi connectivity index (χ0n) is 14.7. The highest BCUT2D eigenvalue weighted by Crippen LogP contribution is 2.25. The van der Waals surface area contributed by atoms with E-state index < -0.39 is 0 Å². The van der Waals surface area contributed by atoms with E-state index in [1.165, 1.54) is 0 Å². The second-order valence-corrected chi connectivity index (χ2v) is 6.31. The van der Waals surface area contributed by atoms with Crippen molar-refractivity contribution >= 4 is 23.3 Å². The summed E-state index contributed by atoms with van der Waals surface area (Å²) in [6.45, 7) is 1.60. The average Bonchev–Trinajstić information content (AvgIpc) is 3.15. The van der Waals surface area contributed by atoms with E-state index in [-0.39, 0.29) is 5.91 Å². The maximum Gasteiger partial charge on any atom is 0.246 e. The molecule has 0 atom stereocenters. The van der Waals surface area contributed by atoms with Crippen molar-refractivity contribution in [1.29, 1.82) is 0 Å². The molecule has 0 unspecified atom stereocenters. The van der Waals surface area contributed by atoms with Crippen molar-refractivity contribution in [1.82, 2.24) is 4.90 Å². The number of nitrogens with zero attached hydrogens (tertiary/aromatic N) is 1. The maximum absolute atomic E-state index is 12.6. The molecule has 0 bridgehead atoms. The summed E-state index contributed by atoms with van der Waals surface area (Å²) >= 11 is 1.63. The molecule has 0 fully saturated rings. The van der Waals surface area contributed by atoms with Gasteiger partial charge in [-0.1, -0.05) is 6.07 Å². The number of hydrogen-bond acceptors (Lipinski definition) is 5. The molecule has 0 aliphatic carbocycles. The van der Waals surface area contributed by atoms with E-state index in [0.29, 0.717) is 31.2 Å². The molecule has 2 aromatic rings. The average molecular weight is 361 g/mol. The van der Waals surface area contributed by atoms with E-state index in [1.54, 1.807) is 49.7 Å². The molecule has 0 saturated heterocycles. The lowest BCUT2D eigenvalue weighted by molar-refractivity contribution is -0.127. The number of hydrogen-bond donors (Lipinski definition) is 0. The Labute approximate surface area is 152 Å². The van der Waals surface area contributed by atoms with Crippen molar-refractivity contribution in [2.45, 2.75) is 6.54 Å². The molecule has 0 saturated carbocycles. The van der Waals surface area contributed by atoms with Gasteiger partial charge >= 0.3 is 0 Å². The smallest absolute Gasteiger partial charge is 0.246 e. The summed E-state index contributed by atoms with van der Waals surface area (Å²) in [6, 6.07) is 9.47. The van der Waals surface area contributed by atoms with Crippen molar-refractivity contribution in [2.75, 3.05) is 34.5 Å². The van der Waals surface area contributed by atoms with Gasteiger partial charge in [-0.2, -0.15) is 0 Å². The van der Waals surface area contributed by atoms with Crippen molar-refractivity contribution < 1.29 is 19.0 Å². The third-order valence-electron chi connectivity index (χ3n) is 3.65. The molecule has 0 radical (unpaired) electrons. The van der Waals surface area contributed by atoms with Crippen LogP contribution in [0.5, 0.6) is 11.5 Å². The normalized spacial score (nSPS) is 10.8. The number of rotatable bonds is 9. The van der Waals surface area contributed by atoms with E-state index in [2.05, 4.69) is 0 Å². The van der Waals surface area contributed by atoms with E-state index in [0.717, 1.165) is 10.4 Å². The van der Waals surface area contributed by atoms with E-state index in [9.17, 15) is 4.79 Å². The van der Waals surface area contributed by atoms with Gasteiger partial charge in [-0.15, -0.1) is 11.3 Å². The summed E-state index contributed by atoms with van der Waals surface area (Å²) in [5, 5.41) is 2.01. The molecule has 25 heavy (non-hydrogen) atoms. The van der Waals surface area contributed by atoms with Gasteiger partial charge in [-0.05, 0) is 35.7 Å². The predicted molar refractivity (Wildman–Crippen MR) is 100 cm³/mol. The van der Waals surface area contributed by atoms with Gasteiger partial charge in [-0.3, -0.25) is 4.79 Å². The Bertz CT molecular complexity index is 697. The molecular formula is C19H23NO4S. The lowest BCUT2D eigenvalue weighted by Crippen LogP contribution is -2.31. The molecule has 1 aromatic carbocycles. The lowest BCUT2D eigenvalue weighted by Gasteiger charge is -2.20. The first-order valence-electron chi connectivity index (χ1n) is 7.88. The van der Waals surface area contributed by atoms with E-state index >= 15 is 0 Å². The third kappa shape index (κ3) is 5.62. The van der Waals surface area contributed by atoms with Crippen LogP contribution >= 0.6 is 11.3 Å². The second kappa shape index (κ2) is 9.86. The molecule has 6 heteroatoms. The van der Waals surface area contributed by atoms with E-state index in [4.69, 9.17) is 14.2 Å². The van der Waals surface area contributed by atoms with Gasteiger partial charge in [0.05, 0.1) is 27.4 Å². The monoisotopic (exact) mass is 361 g/mol. The zero-order chi connectivity index (χ0) is 18.1. The fourth-order valence-electron chi connectivity index (χ4n) is 2.30. The van der Waals surface area contributed by atoms with Gasteiger partial charge in [0.2, 0.25) is 5.91 Å². The first kappa shape index (κ1) is 19.0. The Morgan fingerprint density at radius 3 is 2.68 bits per heavy atom. The Balaban J connectivity index is 2.14. The lowest BCUT2D eigenvalue weighted by atomic mass is 10.1. The van der Waals surface area contributed by atoms with Crippen molar-refractivity contribution in [3.8, 4) is 11.5 Å². The second-order valence-electron chi connectivity index (χ2n) is 5.27. The topological polar surface area (TPSA) is 48.0 Å². The van der Waals surface area contributed by atoms with Gasteiger partial charge in [0, 0.05) is 30.2 Å². The standard InChI is InChI=1S/C19H23NO4S/c1-22-11-10-20(14-17-5-4-12-25-17)19(21)9-6-15-13-16(23-2)7-8-18(15)24-3/h4-9,12-13H,10-11,14H2,1-3H3. The summed E-state index contributed by atoms with van der Waals surface area (Å²) in [7, 11) is 4.83. The Hall–Kier alpha value is -2.31. The number of ether oxygens (including phenoxy) is 3. The molecule has 1 heterocycles. The van der Waals surface area contributed by atoms with Crippen LogP contribution in [0.25, 0.3) is 6.08 Å².